The number of nitrogens with one attached hydrogen (secondary N) is 1. The number of anilines is 2. The molecule has 1 aliphatic rings. The summed E-state index contributed by atoms with van der Waals surface area (Å²) in [6, 6.07) is 7.44. The summed E-state index contributed by atoms with van der Waals surface area (Å²) in [5, 5.41) is 7.16. The number of carbonyl (C=O) groups excluding carboxylic acids is 1. The molecule has 3 N–H and O–H groups in total. The Labute approximate surface area is 248 Å². The molecule has 0 aliphatic carbocycles. The molecule has 0 radical (unpaired) electrons. The number of nitrogen functional groups attached to an aromatic ring is 1. The van der Waals surface area contributed by atoms with Gasteiger partial charge in [0, 0.05) is 58.4 Å². The Bertz CT molecular complexity index is 1840. The van der Waals surface area contributed by atoms with Gasteiger partial charge in [0.25, 0.3) is 5.91 Å². The van der Waals surface area contributed by atoms with E-state index in [0.29, 0.717) is 79.7 Å². The highest BCUT2D eigenvalue weighted by Gasteiger charge is 2.24. The zero-order chi connectivity index (χ0) is 30.2. The van der Waals surface area contributed by atoms with E-state index in [1.807, 2.05) is 30.0 Å². The number of thiazole rings is 1. The van der Waals surface area contributed by atoms with Crippen molar-refractivity contribution in [1.82, 2.24) is 34.3 Å². The van der Waals surface area contributed by atoms with Gasteiger partial charge in [0.05, 0.1) is 23.0 Å². The topological polar surface area (TPSA) is 130 Å². The van der Waals surface area contributed by atoms with Crippen LogP contribution in [0, 0.1) is 11.6 Å². The van der Waals surface area contributed by atoms with E-state index in [1.54, 1.807) is 23.0 Å². The number of hydrogen-bond donors (Lipinski definition) is 2. The molecule has 226 valence electrons. The summed E-state index contributed by atoms with van der Waals surface area (Å²) in [5.74, 6) is -1.44. The van der Waals surface area contributed by atoms with Crippen molar-refractivity contribution in [2.75, 3.05) is 70.5 Å². The van der Waals surface area contributed by atoms with Gasteiger partial charge in [-0.05, 0) is 38.4 Å². The van der Waals surface area contributed by atoms with Crippen LogP contribution in [0.2, 0.25) is 0 Å². The number of carbonyl (C=O) groups is 1. The number of piperazine rings is 1. The highest BCUT2D eigenvalue weighted by Crippen LogP contribution is 2.29. The zero-order valence-corrected chi connectivity index (χ0v) is 24.5. The average molecular weight is 612 g/mol. The van der Waals surface area contributed by atoms with Crippen molar-refractivity contribution in [3.8, 4) is 11.5 Å². The van der Waals surface area contributed by atoms with Gasteiger partial charge in [-0.2, -0.15) is 14.6 Å². The molecule has 43 heavy (non-hydrogen) atoms. The number of benzene rings is 1. The molecule has 0 unspecified atom stereocenters. The molecule has 5 aromatic rings. The number of rotatable bonds is 9. The summed E-state index contributed by atoms with van der Waals surface area (Å²) in [6.07, 6.45) is 1.56. The molecule has 15 heteroatoms. The number of likely N-dealkylation sites (N-methyl/N-ethyl adjacent to an activating group) is 1. The molecule has 12 nitrogen and oxygen atoms in total. The Morgan fingerprint density at radius 1 is 1.14 bits per heavy atom. The summed E-state index contributed by atoms with van der Waals surface area (Å²) in [7, 11) is 3.74. The lowest BCUT2D eigenvalue weighted by molar-refractivity contribution is 0.0947. The molecule has 1 aliphatic heterocycles. The zero-order valence-electron chi connectivity index (χ0n) is 23.7. The fourth-order valence-corrected chi connectivity index (χ4v) is 6.15. The van der Waals surface area contributed by atoms with E-state index in [4.69, 9.17) is 10.2 Å². The molecule has 0 bridgehead atoms. The van der Waals surface area contributed by atoms with Gasteiger partial charge in [-0.1, -0.05) is 11.3 Å². The van der Waals surface area contributed by atoms with E-state index in [9.17, 15) is 18.4 Å². The molecule has 0 saturated carbocycles. The van der Waals surface area contributed by atoms with Crippen molar-refractivity contribution in [2.24, 2.45) is 0 Å². The first-order valence-electron chi connectivity index (χ1n) is 13.8. The van der Waals surface area contributed by atoms with Crippen LogP contribution in [0.25, 0.3) is 27.3 Å². The SMILES string of the molecule is CN(C)CCNC(=O)c1cc(N2CCN(CCn3c(=O)sc4c3nc(N)n3nc(-c5ccco5)cc43)CC2)c(F)cc1F. The lowest BCUT2D eigenvalue weighted by Crippen LogP contribution is -2.47. The lowest BCUT2D eigenvalue weighted by atomic mass is 10.1. The molecule has 0 atom stereocenters. The number of furan rings is 1. The summed E-state index contributed by atoms with van der Waals surface area (Å²) in [4.78, 5) is 35.8. The second-order valence-electron chi connectivity index (χ2n) is 10.6. The van der Waals surface area contributed by atoms with E-state index in [2.05, 4.69) is 20.3 Å². The molecule has 1 saturated heterocycles. The minimum Gasteiger partial charge on any atom is -0.463 e. The van der Waals surface area contributed by atoms with Crippen molar-refractivity contribution >= 4 is 44.7 Å². The van der Waals surface area contributed by atoms with Gasteiger partial charge in [0.1, 0.15) is 22.0 Å². The standard InChI is InChI=1S/C28H31F2N9O3S/c1-35(2)6-5-32-26(40)17-14-21(19(30)15-18(17)29)37-10-7-36(8-11-37)9-12-38-25-24(43-28(38)41)22-16-20(23-4-3-13-42-23)34-39(22)27(31)33-25/h3-4,13-16H,5-12H2,1-2H3,(H2,31,33)(H,32,40). The Hall–Kier alpha value is -4.34. The molecule has 6 rings (SSSR count). The van der Waals surface area contributed by atoms with Crippen LogP contribution < -0.4 is 20.8 Å². The van der Waals surface area contributed by atoms with E-state index in [-0.39, 0.29) is 22.1 Å². The number of hydrogen-bond acceptors (Lipinski definition) is 10. The van der Waals surface area contributed by atoms with E-state index < -0.39 is 17.5 Å². The normalized spacial score (nSPS) is 14.4. The van der Waals surface area contributed by atoms with Crippen molar-refractivity contribution < 1.29 is 18.0 Å². The molecule has 1 fully saturated rings. The van der Waals surface area contributed by atoms with Gasteiger partial charge in [-0.25, -0.2) is 8.78 Å². The Kier molecular flexibility index (Phi) is 7.85. The average Bonchev–Trinajstić information content (AvgIpc) is 3.72. The molecule has 1 amide bonds. The number of nitrogens with two attached hydrogens (primary N) is 1. The largest absolute Gasteiger partial charge is 0.463 e. The van der Waals surface area contributed by atoms with Crippen LogP contribution in [-0.4, -0.2) is 94.8 Å². The minimum absolute atomic E-state index is 0.154. The van der Waals surface area contributed by atoms with Crippen LogP contribution in [0.1, 0.15) is 10.4 Å². The van der Waals surface area contributed by atoms with Crippen molar-refractivity contribution in [2.45, 2.75) is 6.54 Å². The fourth-order valence-electron chi connectivity index (χ4n) is 5.19. The molecular formula is C28H31F2N9O3S. The Morgan fingerprint density at radius 3 is 2.65 bits per heavy atom. The van der Waals surface area contributed by atoms with Crippen molar-refractivity contribution in [3.05, 3.63) is 63.5 Å². The minimum atomic E-state index is -0.893. The maximum absolute atomic E-state index is 14.8. The molecule has 5 heterocycles. The second-order valence-corrected chi connectivity index (χ2v) is 11.6. The monoisotopic (exact) mass is 611 g/mol. The maximum Gasteiger partial charge on any atom is 0.309 e. The second kappa shape index (κ2) is 11.7. The third-order valence-electron chi connectivity index (χ3n) is 7.50. The fraction of sp³-hybridized carbons (Fsp3) is 0.357. The first kappa shape index (κ1) is 28.8. The summed E-state index contributed by atoms with van der Waals surface area (Å²) in [6.45, 7) is 4.03. The third-order valence-corrected chi connectivity index (χ3v) is 8.49. The number of nitrogens with zero attached hydrogens (tertiary/aromatic N) is 7. The first-order chi connectivity index (χ1) is 20.7. The van der Waals surface area contributed by atoms with E-state index >= 15 is 0 Å². The number of fused-ring (bicyclic) bond motifs is 3. The van der Waals surface area contributed by atoms with E-state index in [0.717, 1.165) is 17.4 Å². The third kappa shape index (κ3) is 5.70. The Morgan fingerprint density at radius 2 is 1.93 bits per heavy atom. The predicted octanol–water partition coefficient (Wildman–Crippen LogP) is 2.34. The molecule has 0 spiro atoms. The highest BCUT2D eigenvalue weighted by atomic mass is 32.1. The quantitative estimate of drug-likeness (QED) is 0.258. The highest BCUT2D eigenvalue weighted by molar-refractivity contribution is 7.17. The summed E-state index contributed by atoms with van der Waals surface area (Å²) in [5.41, 5.74) is 7.98. The van der Waals surface area contributed by atoms with Gasteiger partial charge < -0.3 is 25.3 Å². The first-order valence-corrected chi connectivity index (χ1v) is 14.6. The summed E-state index contributed by atoms with van der Waals surface area (Å²) < 4.78 is 38.5. The smallest absolute Gasteiger partial charge is 0.309 e. The van der Waals surface area contributed by atoms with Gasteiger partial charge in [-0.3, -0.25) is 19.1 Å². The van der Waals surface area contributed by atoms with E-state index in [1.165, 1.54) is 10.6 Å². The van der Waals surface area contributed by atoms with Gasteiger partial charge in [-0.15, -0.1) is 0 Å². The van der Waals surface area contributed by atoms with Crippen LogP contribution >= 0.6 is 11.3 Å². The molecule has 4 aromatic heterocycles. The van der Waals surface area contributed by atoms with Gasteiger partial charge in [0.15, 0.2) is 11.4 Å². The lowest BCUT2D eigenvalue weighted by Gasteiger charge is -2.36. The number of halogens is 2. The summed E-state index contributed by atoms with van der Waals surface area (Å²) >= 11 is 1.09. The van der Waals surface area contributed by atoms with Crippen LogP contribution in [-0.2, 0) is 6.54 Å². The van der Waals surface area contributed by atoms with Crippen molar-refractivity contribution in [1.29, 1.82) is 0 Å². The van der Waals surface area contributed by atoms with Crippen molar-refractivity contribution in [3.63, 3.8) is 0 Å². The number of aromatic nitrogens is 4. The van der Waals surface area contributed by atoms with Gasteiger partial charge in [0.2, 0.25) is 5.95 Å². The van der Waals surface area contributed by atoms with Gasteiger partial charge >= 0.3 is 4.87 Å². The number of amides is 1. The van der Waals surface area contributed by atoms with Crippen LogP contribution in [0.5, 0.6) is 0 Å². The Balaban J connectivity index is 1.13. The van der Waals surface area contributed by atoms with Crippen LogP contribution in [0.15, 0.2) is 45.8 Å². The van der Waals surface area contributed by atoms with Crippen LogP contribution in [0.3, 0.4) is 0 Å². The maximum atomic E-state index is 14.8. The molecular weight excluding hydrogens is 580 g/mol. The van der Waals surface area contributed by atoms with Crippen LogP contribution in [0.4, 0.5) is 20.4 Å². The molecule has 1 aromatic carbocycles. The predicted molar refractivity (Wildman–Crippen MR) is 161 cm³/mol.